The van der Waals surface area contributed by atoms with E-state index in [-0.39, 0.29) is 0 Å². The predicted molar refractivity (Wildman–Crippen MR) is 104 cm³/mol. The van der Waals surface area contributed by atoms with Crippen molar-refractivity contribution in [2.24, 2.45) is 22.9 Å². The highest BCUT2D eigenvalue weighted by Gasteiger charge is 1.91. The summed E-state index contributed by atoms with van der Waals surface area (Å²) in [6.45, 7) is 5.67. The summed E-state index contributed by atoms with van der Waals surface area (Å²) in [6.07, 6.45) is 14.9. The summed E-state index contributed by atoms with van der Waals surface area (Å²) in [7, 11) is 0. The van der Waals surface area contributed by atoms with Crippen molar-refractivity contribution in [3.63, 3.8) is 0 Å². The van der Waals surface area contributed by atoms with Crippen LogP contribution in [0.1, 0.15) is 77.0 Å². The van der Waals surface area contributed by atoms with Crippen LogP contribution in [-0.2, 0) is 0 Å². The van der Waals surface area contributed by atoms with E-state index in [1.807, 2.05) is 0 Å². The largest absolute Gasteiger partial charge is 0.330 e. The van der Waals surface area contributed by atoms with E-state index in [2.05, 4.69) is 5.32 Å². The Morgan fingerprint density at radius 2 is 0.609 bits per heavy atom. The van der Waals surface area contributed by atoms with E-state index >= 15 is 0 Å². The zero-order valence-corrected chi connectivity index (χ0v) is 15.5. The SMILES string of the molecule is NCCCCCCN.NCCCCCCNCCCCCCN. The van der Waals surface area contributed by atoms with Gasteiger partial charge in [0.05, 0.1) is 0 Å². The van der Waals surface area contributed by atoms with Crippen LogP contribution in [0.5, 0.6) is 0 Å². The smallest absolute Gasteiger partial charge is 0.00489 e. The molecule has 0 atom stereocenters. The molecule has 0 heterocycles. The normalized spacial score (nSPS) is 10.4. The van der Waals surface area contributed by atoms with Crippen LogP contribution in [-0.4, -0.2) is 39.3 Å². The third kappa shape index (κ3) is 30.3. The van der Waals surface area contributed by atoms with Crippen molar-refractivity contribution in [1.29, 1.82) is 0 Å². The molecule has 0 bridgehead atoms. The number of unbranched alkanes of at least 4 members (excludes halogenated alkanes) is 9. The molecule has 0 amide bonds. The first-order valence-electron chi connectivity index (χ1n) is 9.84. The third-order valence-electron chi connectivity index (χ3n) is 3.77. The molecule has 0 aromatic carbocycles. The van der Waals surface area contributed by atoms with Gasteiger partial charge < -0.3 is 28.3 Å². The van der Waals surface area contributed by atoms with Gasteiger partial charge in [-0.2, -0.15) is 0 Å². The molecule has 5 nitrogen and oxygen atoms in total. The molecular weight excluding hydrogens is 286 g/mol. The number of hydrogen-bond donors (Lipinski definition) is 5. The summed E-state index contributed by atoms with van der Waals surface area (Å²) in [5, 5.41) is 3.48. The molecule has 5 heteroatoms. The maximum absolute atomic E-state index is 5.42. The molecule has 0 rings (SSSR count). The van der Waals surface area contributed by atoms with Crippen molar-refractivity contribution < 1.29 is 0 Å². The van der Waals surface area contributed by atoms with Gasteiger partial charge in [-0.05, 0) is 77.8 Å². The van der Waals surface area contributed by atoms with Crippen molar-refractivity contribution in [2.45, 2.75) is 77.0 Å². The van der Waals surface area contributed by atoms with E-state index in [1.165, 1.54) is 77.3 Å². The van der Waals surface area contributed by atoms with Gasteiger partial charge in [0.1, 0.15) is 0 Å². The Kier molecular flexibility index (Phi) is 29.1. The minimum Gasteiger partial charge on any atom is -0.330 e. The average Bonchev–Trinajstić information content (AvgIpc) is 2.57. The lowest BCUT2D eigenvalue weighted by Crippen LogP contribution is -2.16. The minimum absolute atomic E-state index is 0.824. The lowest BCUT2D eigenvalue weighted by atomic mass is 10.2. The van der Waals surface area contributed by atoms with Crippen molar-refractivity contribution in [3.8, 4) is 0 Å². The predicted octanol–water partition coefficient (Wildman–Crippen LogP) is 2.08. The first-order chi connectivity index (χ1) is 11.3. The van der Waals surface area contributed by atoms with E-state index in [9.17, 15) is 0 Å². The Morgan fingerprint density at radius 1 is 0.348 bits per heavy atom. The molecule has 0 unspecified atom stereocenters. The Morgan fingerprint density at radius 3 is 0.870 bits per heavy atom. The quantitative estimate of drug-likeness (QED) is 0.262. The van der Waals surface area contributed by atoms with Crippen LogP contribution in [0.3, 0.4) is 0 Å². The fourth-order valence-corrected chi connectivity index (χ4v) is 2.26. The molecule has 0 saturated carbocycles. The minimum atomic E-state index is 0.824. The fraction of sp³-hybridized carbons (Fsp3) is 1.00. The Hall–Kier alpha value is -0.200. The lowest BCUT2D eigenvalue weighted by Gasteiger charge is -2.04. The van der Waals surface area contributed by atoms with Gasteiger partial charge in [0.2, 0.25) is 0 Å². The average molecular weight is 332 g/mol. The van der Waals surface area contributed by atoms with E-state index in [0.717, 1.165) is 39.0 Å². The Balaban J connectivity index is 0. The molecule has 9 N–H and O–H groups in total. The lowest BCUT2D eigenvalue weighted by molar-refractivity contribution is 0.558. The van der Waals surface area contributed by atoms with Crippen molar-refractivity contribution in [2.75, 3.05) is 39.3 Å². The van der Waals surface area contributed by atoms with Crippen LogP contribution in [0, 0.1) is 0 Å². The van der Waals surface area contributed by atoms with E-state index in [0.29, 0.717) is 0 Å². The standard InChI is InChI=1S/C12H29N3.C6H16N2/c13-9-5-1-3-7-11-15-12-8-4-2-6-10-14;7-5-3-1-2-4-6-8/h15H,1-14H2;1-8H2. The topological polar surface area (TPSA) is 116 Å². The Labute approximate surface area is 145 Å². The maximum Gasteiger partial charge on any atom is -0.00489 e. The van der Waals surface area contributed by atoms with Crippen molar-refractivity contribution in [3.05, 3.63) is 0 Å². The van der Waals surface area contributed by atoms with Gasteiger partial charge in [0.25, 0.3) is 0 Å². The molecule has 0 aliphatic carbocycles. The summed E-state index contributed by atoms with van der Waals surface area (Å²) < 4.78 is 0. The molecule has 0 aromatic heterocycles. The monoisotopic (exact) mass is 331 g/mol. The zero-order chi connectivity index (χ0) is 17.4. The molecule has 0 aliphatic heterocycles. The molecule has 23 heavy (non-hydrogen) atoms. The highest BCUT2D eigenvalue weighted by atomic mass is 14.8. The molecular formula is C18H45N5. The van der Waals surface area contributed by atoms with Gasteiger partial charge in [0.15, 0.2) is 0 Å². The molecule has 142 valence electrons. The van der Waals surface area contributed by atoms with Crippen LogP contribution in [0.15, 0.2) is 0 Å². The molecule has 0 radical (unpaired) electrons. The third-order valence-corrected chi connectivity index (χ3v) is 3.77. The summed E-state index contributed by atoms with van der Waals surface area (Å²) in [4.78, 5) is 0. The van der Waals surface area contributed by atoms with E-state index < -0.39 is 0 Å². The van der Waals surface area contributed by atoms with Crippen LogP contribution >= 0.6 is 0 Å². The zero-order valence-electron chi connectivity index (χ0n) is 15.5. The van der Waals surface area contributed by atoms with Gasteiger partial charge in [-0.15, -0.1) is 0 Å². The van der Waals surface area contributed by atoms with Gasteiger partial charge >= 0.3 is 0 Å². The van der Waals surface area contributed by atoms with Crippen LogP contribution < -0.4 is 28.3 Å². The summed E-state index contributed by atoms with van der Waals surface area (Å²) in [5.41, 5.74) is 21.4. The highest BCUT2D eigenvalue weighted by Crippen LogP contribution is 1.99. The van der Waals surface area contributed by atoms with Gasteiger partial charge in [-0.3, -0.25) is 0 Å². The molecule has 0 spiro atoms. The second kappa shape index (κ2) is 26.7. The first-order valence-corrected chi connectivity index (χ1v) is 9.84. The maximum atomic E-state index is 5.42. The van der Waals surface area contributed by atoms with Gasteiger partial charge in [-0.1, -0.05) is 38.5 Å². The number of nitrogens with one attached hydrogen (secondary N) is 1. The second-order valence-corrected chi connectivity index (χ2v) is 6.15. The molecule has 0 aliphatic rings. The summed E-state index contributed by atoms with van der Waals surface area (Å²) >= 11 is 0. The number of rotatable bonds is 17. The molecule has 0 aromatic rings. The van der Waals surface area contributed by atoms with Gasteiger partial charge in [0, 0.05) is 0 Å². The van der Waals surface area contributed by atoms with Crippen LogP contribution in [0.4, 0.5) is 0 Å². The highest BCUT2D eigenvalue weighted by molar-refractivity contribution is 4.51. The second-order valence-electron chi connectivity index (χ2n) is 6.15. The fourth-order valence-electron chi connectivity index (χ4n) is 2.26. The number of hydrogen-bond acceptors (Lipinski definition) is 5. The molecule has 0 saturated heterocycles. The Bertz CT molecular complexity index is 161. The van der Waals surface area contributed by atoms with Crippen LogP contribution in [0.25, 0.3) is 0 Å². The van der Waals surface area contributed by atoms with E-state index in [4.69, 9.17) is 22.9 Å². The van der Waals surface area contributed by atoms with E-state index in [1.54, 1.807) is 0 Å². The van der Waals surface area contributed by atoms with Gasteiger partial charge in [-0.25, -0.2) is 0 Å². The summed E-state index contributed by atoms with van der Waals surface area (Å²) in [6, 6.07) is 0. The number of nitrogens with two attached hydrogens (primary N) is 4. The van der Waals surface area contributed by atoms with Crippen LogP contribution in [0.2, 0.25) is 0 Å². The molecule has 0 fully saturated rings. The summed E-state index contributed by atoms with van der Waals surface area (Å²) in [5.74, 6) is 0. The van der Waals surface area contributed by atoms with Crippen molar-refractivity contribution in [1.82, 2.24) is 5.32 Å². The first kappa shape index (κ1) is 25.0. The van der Waals surface area contributed by atoms with Crippen molar-refractivity contribution >= 4 is 0 Å².